The van der Waals surface area contributed by atoms with Crippen LogP contribution in [-0.4, -0.2) is 44.7 Å². The van der Waals surface area contributed by atoms with E-state index in [4.69, 9.17) is 13.7 Å². The van der Waals surface area contributed by atoms with Gasteiger partial charge in [-0.1, -0.05) is 56.5 Å². The van der Waals surface area contributed by atoms with Gasteiger partial charge < -0.3 is 14.6 Å². The molecule has 1 aromatic carbocycles. The highest BCUT2D eigenvalue weighted by molar-refractivity contribution is 7.86. The third-order valence-electron chi connectivity index (χ3n) is 3.91. The highest BCUT2D eigenvalue weighted by Gasteiger charge is 2.39. The van der Waals surface area contributed by atoms with Crippen molar-refractivity contribution in [3.63, 3.8) is 0 Å². The summed E-state index contributed by atoms with van der Waals surface area (Å²) in [6.45, 7) is 2.13. The van der Waals surface area contributed by atoms with Crippen LogP contribution in [-0.2, 0) is 23.8 Å². The fourth-order valence-electron chi connectivity index (χ4n) is 2.74. The molecule has 0 amide bonds. The van der Waals surface area contributed by atoms with Gasteiger partial charge >= 0.3 is 0 Å². The number of aliphatic hydroxyl groups excluding tert-OH is 1. The zero-order valence-electron chi connectivity index (χ0n) is 14.1. The molecule has 0 spiro atoms. The molecule has 2 rings (SSSR count). The van der Waals surface area contributed by atoms with E-state index < -0.39 is 34.7 Å². The van der Waals surface area contributed by atoms with Crippen LogP contribution in [0.5, 0.6) is 0 Å². The maximum atomic E-state index is 11.5. The molecule has 1 saturated heterocycles. The summed E-state index contributed by atoms with van der Waals surface area (Å²) in [4.78, 5) is 0. The number of ether oxygens (including phenoxy) is 2. The van der Waals surface area contributed by atoms with Gasteiger partial charge in [-0.3, -0.25) is 4.18 Å². The van der Waals surface area contributed by atoms with Crippen molar-refractivity contribution in [1.29, 1.82) is 0 Å². The summed E-state index contributed by atoms with van der Waals surface area (Å²) in [5.41, 5.74) is 0.820. The fraction of sp³-hybridized carbons (Fsp3) is 0.647. The summed E-state index contributed by atoms with van der Waals surface area (Å²) in [7, 11) is -3.67. The summed E-state index contributed by atoms with van der Waals surface area (Å²) < 4.78 is 39.5. The first-order chi connectivity index (χ1) is 11.4. The number of aliphatic hydroxyl groups is 1. The minimum absolute atomic E-state index is 0.0438. The first-order valence-corrected chi connectivity index (χ1v) is 10.1. The van der Waals surface area contributed by atoms with Crippen molar-refractivity contribution in [1.82, 2.24) is 0 Å². The zero-order chi connectivity index (χ0) is 17.6. The number of rotatable bonds is 8. The van der Waals surface area contributed by atoms with E-state index in [0.717, 1.165) is 31.1 Å². The van der Waals surface area contributed by atoms with Gasteiger partial charge in [-0.2, -0.15) is 8.42 Å². The van der Waals surface area contributed by atoms with Gasteiger partial charge in [0.25, 0.3) is 10.1 Å². The van der Waals surface area contributed by atoms with Crippen LogP contribution < -0.4 is 0 Å². The molecule has 3 unspecified atom stereocenters. The minimum Gasteiger partial charge on any atom is -0.390 e. The summed E-state index contributed by atoms with van der Waals surface area (Å²) in [6.07, 6.45) is 1.35. The molecule has 7 heteroatoms. The molecular formula is C17H26O6S. The second kappa shape index (κ2) is 8.92. The predicted molar refractivity (Wildman–Crippen MR) is 89.9 cm³/mol. The van der Waals surface area contributed by atoms with Crippen molar-refractivity contribution in [3.05, 3.63) is 35.9 Å². The normalized spacial score (nSPS) is 26.2. The maximum absolute atomic E-state index is 11.5. The van der Waals surface area contributed by atoms with Gasteiger partial charge in [0.15, 0.2) is 6.29 Å². The molecule has 1 heterocycles. The van der Waals surface area contributed by atoms with Crippen LogP contribution >= 0.6 is 0 Å². The Kier molecular flexibility index (Phi) is 7.18. The Morgan fingerprint density at radius 1 is 1.29 bits per heavy atom. The second-order valence-corrected chi connectivity index (χ2v) is 7.68. The van der Waals surface area contributed by atoms with Gasteiger partial charge in [0.1, 0.15) is 12.2 Å². The number of benzene rings is 1. The second-order valence-electron chi connectivity index (χ2n) is 6.08. The van der Waals surface area contributed by atoms with E-state index in [0.29, 0.717) is 6.42 Å². The van der Waals surface area contributed by atoms with Gasteiger partial charge in [-0.05, 0) is 6.42 Å². The van der Waals surface area contributed by atoms with Gasteiger partial charge in [-0.25, -0.2) is 0 Å². The quantitative estimate of drug-likeness (QED) is 0.568. The highest BCUT2D eigenvalue weighted by Crippen LogP contribution is 2.30. The SMILES string of the molecule is CCCCC[C@@H](O)C1OC(c2ccccc2)OCC1OS(C)(=O)=O. The monoisotopic (exact) mass is 358 g/mol. The Morgan fingerprint density at radius 2 is 2.00 bits per heavy atom. The van der Waals surface area contributed by atoms with Crippen LogP contribution in [0.3, 0.4) is 0 Å². The third-order valence-corrected chi connectivity index (χ3v) is 4.51. The molecule has 0 saturated carbocycles. The smallest absolute Gasteiger partial charge is 0.264 e. The van der Waals surface area contributed by atoms with E-state index in [2.05, 4.69) is 6.92 Å². The molecule has 0 bridgehead atoms. The Hall–Kier alpha value is -0.990. The standard InChI is InChI=1S/C17H26O6S/c1-3-4-6-11-14(18)16-15(23-24(2,19)20)12-21-17(22-16)13-9-7-5-8-10-13/h5,7-10,14-18H,3-4,6,11-12H2,1-2H3/t14-,15?,16?,17?/m1/s1. The van der Waals surface area contributed by atoms with E-state index >= 15 is 0 Å². The molecule has 1 N–H and O–H groups in total. The lowest BCUT2D eigenvalue weighted by atomic mass is 10.0. The summed E-state index contributed by atoms with van der Waals surface area (Å²) in [5.74, 6) is 0. The van der Waals surface area contributed by atoms with Crippen LogP contribution in [0.4, 0.5) is 0 Å². The summed E-state index contributed by atoms with van der Waals surface area (Å²) in [6, 6.07) is 9.35. The molecule has 6 nitrogen and oxygen atoms in total. The Balaban J connectivity index is 2.09. The molecule has 1 aliphatic rings. The van der Waals surface area contributed by atoms with Gasteiger partial charge in [0, 0.05) is 5.56 Å². The number of unbranched alkanes of at least 4 members (excludes halogenated alkanes) is 2. The van der Waals surface area contributed by atoms with Crippen LogP contribution in [0.1, 0.15) is 44.5 Å². The largest absolute Gasteiger partial charge is 0.390 e. The van der Waals surface area contributed by atoms with Gasteiger partial charge in [-0.15, -0.1) is 0 Å². The highest BCUT2D eigenvalue weighted by atomic mass is 32.2. The molecule has 136 valence electrons. The van der Waals surface area contributed by atoms with Crippen molar-refractivity contribution >= 4 is 10.1 Å². The molecule has 0 radical (unpaired) electrons. The van der Waals surface area contributed by atoms with Crippen molar-refractivity contribution in [2.45, 2.75) is 57.2 Å². The van der Waals surface area contributed by atoms with E-state index in [9.17, 15) is 13.5 Å². The number of hydrogen-bond donors (Lipinski definition) is 1. The van der Waals surface area contributed by atoms with E-state index in [-0.39, 0.29) is 6.61 Å². The maximum Gasteiger partial charge on any atom is 0.264 e. The van der Waals surface area contributed by atoms with E-state index in [1.54, 1.807) is 0 Å². The van der Waals surface area contributed by atoms with Crippen LogP contribution in [0.25, 0.3) is 0 Å². The average molecular weight is 358 g/mol. The van der Waals surface area contributed by atoms with Crippen molar-refractivity contribution in [3.8, 4) is 0 Å². The molecule has 1 fully saturated rings. The lowest BCUT2D eigenvalue weighted by molar-refractivity contribution is -0.270. The van der Waals surface area contributed by atoms with Crippen molar-refractivity contribution < 1.29 is 27.2 Å². The van der Waals surface area contributed by atoms with Crippen LogP contribution in [0, 0.1) is 0 Å². The molecule has 1 aliphatic heterocycles. The van der Waals surface area contributed by atoms with Gasteiger partial charge in [0.2, 0.25) is 0 Å². The Morgan fingerprint density at radius 3 is 2.62 bits per heavy atom. The molecule has 0 aliphatic carbocycles. The molecule has 4 atom stereocenters. The average Bonchev–Trinajstić information content (AvgIpc) is 2.54. The summed E-state index contributed by atoms with van der Waals surface area (Å²) in [5, 5.41) is 10.5. The lowest BCUT2D eigenvalue weighted by Gasteiger charge is -2.38. The first-order valence-electron chi connectivity index (χ1n) is 8.29. The summed E-state index contributed by atoms with van der Waals surface area (Å²) >= 11 is 0. The topological polar surface area (TPSA) is 82.1 Å². The molecule has 0 aromatic heterocycles. The van der Waals surface area contributed by atoms with Crippen LogP contribution in [0.2, 0.25) is 0 Å². The van der Waals surface area contributed by atoms with E-state index in [1.807, 2.05) is 30.3 Å². The van der Waals surface area contributed by atoms with Crippen LogP contribution in [0.15, 0.2) is 30.3 Å². The molecule has 24 heavy (non-hydrogen) atoms. The van der Waals surface area contributed by atoms with Crippen molar-refractivity contribution in [2.24, 2.45) is 0 Å². The fourth-order valence-corrected chi connectivity index (χ4v) is 3.36. The van der Waals surface area contributed by atoms with E-state index in [1.165, 1.54) is 0 Å². The van der Waals surface area contributed by atoms with Crippen molar-refractivity contribution in [2.75, 3.05) is 12.9 Å². The third kappa shape index (κ3) is 5.82. The molecule has 1 aromatic rings. The van der Waals surface area contributed by atoms with Gasteiger partial charge in [0.05, 0.1) is 19.0 Å². The molecular weight excluding hydrogens is 332 g/mol. The predicted octanol–water partition coefficient (Wildman–Crippen LogP) is 2.39. The first kappa shape index (κ1) is 19.3. The number of hydrogen-bond acceptors (Lipinski definition) is 6. The lowest BCUT2D eigenvalue weighted by Crippen LogP contribution is -2.49. The minimum atomic E-state index is -3.67. The Bertz CT molecular complexity index is 588. The Labute approximate surface area is 143 Å². The zero-order valence-corrected chi connectivity index (χ0v) is 14.9.